The highest BCUT2D eigenvalue weighted by atomic mass is 35.5. The molecule has 0 aliphatic carbocycles. The van der Waals surface area contributed by atoms with Crippen molar-refractivity contribution in [3.63, 3.8) is 0 Å². The van der Waals surface area contributed by atoms with Crippen molar-refractivity contribution in [1.82, 2.24) is 0 Å². The van der Waals surface area contributed by atoms with Gasteiger partial charge in [-0.05, 0) is 97.8 Å². The lowest BCUT2D eigenvalue weighted by Crippen LogP contribution is -1.88. The van der Waals surface area contributed by atoms with Crippen molar-refractivity contribution in [2.75, 3.05) is 5.73 Å². The summed E-state index contributed by atoms with van der Waals surface area (Å²) in [6.45, 7) is 3.82. The zero-order valence-corrected chi connectivity index (χ0v) is 20.0. The first-order valence-electron chi connectivity index (χ1n) is 10.2. The van der Waals surface area contributed by atoms with Gasteiger partial charge in [-0.1, -0.05) is 23.2 Å². The van der Waals surface area contributed by atoms with Crippen molar-refractivity contribution in [3.05, 3.63) is 116 Å². The quantitative estimate of drug-likeness (QED) is 0.170. The minimum atomic E-state index is -0.448. The van der Waals surface area contributed by atoms with E-state index in [2.05, 4.69) is 0 Å². The maximum atomic E-state index is 10.5. The molecule has 0 aliphatic rings. The summed E-state index contributed by atoms with van der Waals surface area (Å²) in [6.07, 6.45) is 0. The SMILES string of the molecule is Cc1cc(Oc2ccc(N)cc2)ccc1Cl.Cc1cc(Oc2ccc([N+](=O)[O-])cc2)ccc1Cl. The standard InChI is InChI=1S/C13H10ClNO3.C13H12ClNO/c1-9-8-12(6-7-13(9)14)18-11-4-2-10(3-5-11)15(16)17;1-9-8-12(6-7-13(9)14)16-11-4-2-10(15)3-5-11/h2-8H,1H3;2-8H,15H2,1H3. The van der Waals surface area contributed by atoms with Gasteiger partial charge in [-0.25, -0.2) is 0 Å². The molecule has 0 fully saturated rings. The number of non-ortho nitro benzene ring substituents is 1. The molecule has 0 saturated carbocycles. The molecule has 4 aromatic rings. The van der Waals surface area contributed by atoms with Crippen LogP contribution in [0.5, 0.6) is 23.0 Å². The van der Waals surface area contributed by atoms with Crippen molar-refractivity contribution in [2.45, 2.75) is 13.8 Å². The number of nitrogens with two attached hydrogens (primary N) is 1. The van der Waals surface area contributed by atoms with Crippen LogP contribution in [0.3, 0.4) is 0 Å². The van der Waals surface area contributed by atoms with E-state index in [0.29, 0.717) is 16.5 Å². The van der Waals surface area contributed by atoms with Crippen molar-refractivity contribution >= 4 is 34.6 Å². The molecule has 4 aromatic carbocycles. The summed E-state index contributed by atoms with van der Waals surface area (Å²) < 4.78 is 11.2. The van der Waals surface area contributed by atoms with E-state index < -0.39 is 4.92 Å². The zero-order chi connectivity index (χ0) is 24.7. The Labute approximate surface area is 207 Å². The molecule has 174 valence electrons. The molecule has 0 aromatic heterocycles. The van der Waals surface area contributed by atoms with Gasteiger partial charge in [-0.3, -0.25) is 10.1 Å². The molecule has 2 N–H and O–H groups in total. The summed E-state index contributed by atoms with van der Waals surface area (Å²) in [5.74, 6) is 2.72. The van der Waals surface area contributed by atoms with E-state index in [1.807, 2.05) is 50.2 Å². The molecule has 8 heteroatoms. The van der Waals surface area contributed by atoms with Crippen LogP contribution in [0, 0.1) is 24.0 Å². The number of benzene rings is 4. The Hall–Kier alpha value is -3.74. The number of nitro groups is 1. The van der Waals surface area contributed by atoms with Gasteiger partial charge in [0.25, 0.3) is 5.69 Å². The molecule has 0 heterocycles. The maximum Gasteiger partial charge on any atom is 0.269 e. The molecule has 34 heavy (non-hydrogen) atoms. The monoisotopic (exact) mass is 496 g/mol. The highest BCUT2D eigenvalue weighted by Crippen LogP contribution is 2.28. The van der Waals surface area contributed by atoms with Gasteiger partial charge >= 0.3 is 0 Å². The molecule has 0 aliphatic heterocycles. The van der Waals surface area contributed by atoms with E-state index in [-0.39, 0.29) is 5.69 Å². The van der Waals surface area contributed by atoms with Gasteiger partial charge in [-0.2, -0.15) is 0 Å². The first kappa shape index (κ1) is 24.9. The molecule has 0 saturated heterocycles. The van der Waals surface area contributed by atoms with Crippen LogP contribution in [0.1, 0.15) is 11.1 Å². The first-order chi connectivity index (χ1) is 16.2. The van der Waals surface area contributed by atoms with Crippen molar-refractivity contribution < 1.29 is 14.4 Å². The number of anilines is 1. The maximum absolute atomic E-state index is 10.5. The van der Waals surface area contributed by atoms with Crippen LogP contribution in [-0.2, 0) is 0 Å². The number of nitrogens with zero attached hydrogens (tertiary/aromatic N) is 1. The summed E-state index contributed by atoms with van der Waals surface area (Å²) >= 11 is 11.8. The van der Waals surface area contributed by atoms with Crippen molar-refractivity contribution in [3.8, 4) is 23.0 Å². The average Bonchev–Trinajstić information content (AvgIpc) is 2.81. The van der Waals surface area contributed by atoms with E-state index in [9.17, 15) is 10.1 Å². The summed E-state index contributed by atoms with van der Waals surface area (Å²) in [7, 11) is 0. The Kier molecular flexibility index (Phi) is 8.35. The Morgan fingerprint density at radius 3 is 1.44 bits per heavy atom. The summed E-state index contributed by atoms with van der Waals surface area (Å²) in [5, 5.41) is 11.9. The Balaban J connectivity index is 0.000000192. The molecule has 0 atom stereocenters. The normalized spacial score (nSPS) is 10.1. The average molecular weight is 497 g/mol. The Morgan fingerprint density at radius 1 is 0.676 bits per heavy atom. The van der Waals surface area contributed by atoms with Crippen LogP contribution in [0.25, 0.3) is 0 Å². The van der Waals surface area contributed by atoms with Crippen LogP contribution in [-0.4, -0.2) is 4.92 Å². The lowest BCUT2D eigenvalue weighted by atomic mass is 10.2. The van der Waals surface area contributed by atoms with Gasteiger partial charge in [0.15, 0.2) is 0 Å². The summed E-state index contributed by atoms with van der Waals surface area (Å²) in [4.78, 5) is 10.1. The summed E-state index contributed by atoms with van der Waals surface area (Å²) in [6, 6.07) is 24.1. The number of nitrogen functional groups attached to an aromatic ring is 1. The first-order valence-corrected chi connectivity index (χ1v) is 10.9. The molecule has 0 amide bonds. The fraction of sp³-hybridized carbons (Fsp3) is 0.0769. The van der Waals surface area contributed by atoms with Gasteiger partial charge in [0.1, 0.15) is 23.0 Å². The number of halogens is 2. The molecular formula is C26H22Cl2N2O4. The lowest BCUT2D eigenvalue weighted by Gasteiger charge is -2.07. The molecular weight excluding hydrogens is 475 g/mol. The molecule has 0 spiro atoms. The molecule has 4 rings (SSSR count). The third-order valence-electron chi connectivity index (χ3n) is 4.66. The van der Waals surface area contributed by atoms with E-state index >= 15 is 0 Å². The number of hydrogen-bond donors (Lipinski definition) is 1. The minimum Gasteiger partial charge on any atom is -0.457 e. The number of hydrogen-bond acceptors (Lipinski definition) is 5. The van der Waals surface area contributed by atoms with E-state index in [1.165, 1.54) is 12.1 Å². The van der Waals surface area contributed by atoms with Crippen LogP contribution < -0.4 is 15.2 Å². The van der Waals surface area contributed by atoms with Crippen LogP contribution in [0.2, 0.25) is 10.0 Å². The molecule has 6 nitrogen and oxygen atoms in total. The third kappa shape index (κ3) is 7.13. The topological polar surface area (TPSA) is 87.6 Å². The Bertz CT molecular complexity index is 1280. The second kappa shape index (κ2) is 11.4. The van der Waals surface area contributed by atoms with Crippen LogP contribution in [0.15, 0.2) is 84.9 Å². The van der Waals surface area contributed by atoms with E-state index in [0.717, 1.165) is 33.3 Å². The zero-order valence-electron chi connectivity index (χ0n) is 18.5. The lowest BCUT2D eigenvalue weighted by molar-refractivity contribution is -0.384. The largest absolute Gasteiger partial charge is 0.457 e. The van der Waals surface area contributed by atoms with Gasteiger partial charge < -0.3 is 15.2 Å². The number of ether oxygens (including phenoxy) is 2. The number of aryl methyl sites for hydroxylation is 2. The van der Waals surface area contributed by atoms with Gasteiger partial charge in [-0.15, -0.1) is 0 Å². The second-order valence-corrected chi connectivity index (χ2v) is 8.16. The predicted octanol–water partition coefficient (Wildman–Crippen LogP) is 8.37. The fourth-order valence-corrected chi connectivity index (χ4v) is 3.04. The second-order valence-electron chi connectivity index (χ2n) is 7.35. The molecule has 0 radical (unpaired) electrons. The fourth-order valence-electron chi connectivity index (χ4n) is 2.81. The van der Waals surface area contributed by atoms with Gasteiger partial charge in [0.2, 0.25) is 0 Å². The van der Waals surface area contributed by atoms with Gasteiger partial charge in [0, 0.05) is 27.9 Å². The minimum absolute atomic E-state index is 0.0367. The van der Waals surface area contributed by atoms with E-state index in [1.54, 1.807) is 36.4 Å². The van der Waals surface area contributed by atoms with Crippen molar-refractivity contribution in [1.29, 1.82) is 0 Å². The van der Waals surface area contributed by atoms with Gasteiger partial charge in [0.05, 0.1) is 4.92 Å². The van der Waals surface area contributed by atoms with Crippen LogP contribution >= 0.6 is 23.2 Å². The summed E-state index contributed by atoms with van der Waals surface area (Å²) in [5.41, 5.74) is 8.26. The van der Waals surface area contributed by atoms with Crippen LogP contribution in [0.4, 0.5) is 11.4 Å². The highest BCUT2D eigenvalue weighted by molar-refractivity contribution is 6.31. The van der Waals surface area contributed by atoms with E-state index in [4.69, 9.17) is 38.4 Å². The smallest absolute Gasteiger partial charge is 0.269 e. The Morgan fingerprint density at radius 2 is 1.06 bits per heavy atom. The predicted molar refractivity (Wildman–Crippen MR) is 136 cm³/mol. The third-order valence-corrected chi connectivity index (χ3v) is 5.51. The molecule has 0 unspecified atom stereocenters. The highest BCUT2D eigenvalue weighted by Gasteiger charge is 2.06. The number of nitro benzene ring substituents is 1. The molecule has 0 bridgehead atoms. The van der Waals surface area contributed by atoms with Crippen molar-refractivity contribution in [2.24, 2.45) is 0 Å². The number of rotatable bonds is 5.